The van der Waals surface area contributed by atoms with E-state index < -0.39 is 24.6 Å². The number of rotatable bonds is 4. The number of aliphatic carboxylic acids is 1. The van der Waals surface area contributed by atoms with E-state index >= 15 is 0 Å². The highest BCUT2D eigenvalue weighted by molar-refractivity contribution is 9.10. The molecule has 0 saturated heterocycles. The molecule has 0 aromatic heterocycles. The largest absolute Gasteiger partial charge is 0.480 e. The maximum atomic E-state index is 12.4. The fraction of sp³-hybridized carbons (Fsp3) is 0.273. The first-order chi connectivity index (χ1) is 7.97. The van der Waals surface area contributed by atoms with Crippen molar-refractivity contribution >= 4 is 27.8 Å². The molecule has 17 heavy (non-hydrogen) atoms. The summed E-state index contributed by atoms with van der Waals surface area (Å²) < 4.78 is 12.9. The molecule has 1 rings (SSSR count). The minimum Gasteiger partial charge on any atom is -0.480 e. The topological polar surface area (TPSA) is 66.4 Å². The Morgan fingerprint density at radius 3 is 2.71 bits per heavy atom. The second kappa shape index (κ2) is 5.77. The average molecular weight is 304 g/mol. The molecular formula is C11H11BrFNO3. The number of carbonyl (C=O) groups excluding carboxylic acids is 1. The first-order valence-electron chi connectivity index (χ1n) is 4.82. The van der Waals surface area contributed by atoms with Crippen LogP contribution in [0.25, 0.3) is 0 Å². The molecule has 0 heterocycles. The predicted octanol–water partition coefficient (Wildman–Crippen LogP) is 1.91. The van der Waals surface area contributed by atoms with Gasteiger partial charge in [-0.1, -0.05) is 12.1 Å². The third-order valence-corrected chi connectivity index (χ3v) is 3.25. The van der Waals surface area contributed by atoms with Gasteiger partial charge in [0.1, 0.15) is 6.67 Å². The SMILES string of the molecule is Cc1cccc(C(=O)NC(CF)C(=O)O)c1Br. The van der Waals surface area contributed by atoms with Crippen LogP contribution in [0.1, 0.15) is 15.9 Å². The molecule has 1 atom stereocenters. The van der Waals surface area contributed by atoms with Crippen molar-refractivity contribution in [3.8, 4) is 0 Å². The summed E-state index contributed by atoms with van der Waals surface area (Å²) >= 11 is 3.23. The van der Waals surface area contributed by atoms with E-state index in [-0.39, 0.29) is 5.56 Å². The lowest BCUT2D eigenvalue weighted by Gasteiger charge is -2.12. The van der Waals surface area contributed by atoms with Gasteiger partial charge in [-0.25, -0.2) is 9.18 Å². The third-order valence-electron chi connectivity index (χ3n) is 2.19. The molecule has 0 radical (unpaired) electrons. The Bertz CT molecular complexity index is 450. The molecule has 0 aliphatic carbocycles. The lowest BCUT2D eigenvalue weighted by Crippen LogP contribution is -2.42. The van der Waals surface area contributed by atoms with Crippen LogP contribution in [0.2, 0.25) is 0 Å². The van der Waals surface area contributed by atoms with Crippen LogP contribution in [0, 0.1) is 6.92 Å². The molecule has 2 N–H and O–H groups in total. The van der Waals surface area contributed by atoms with Crippen molar-refractivity contribution in [2.45, 2.75) is 13.0 Å². The van der Waals surface area contributed by atoms with Crippen LogP contribution in [-0.2, 0) is 4.79 Å². The number of hydrogen-bond donors (Lipinski definition) is 2. The molecule has 1 unspecified atom stereocenters. The minimum absolute atomic E-state index is 0.282. The van der Waals surface area contributed by atoms with Crippen molar-refractivity contribution in [2.24, 2.45) is 0 Å². The van der Waals surface area contributed by atoms with Crippen LogP contribution in [0.4, 0.5) is 4.39 Å². The van der Waals surface area contributed by atoms with Gasteiger partial charge in [0.05, 0.1) is 5.56 Å². The van der Waals surface area contributed by atoms with Gasteiger partial charge in [0.15, 0.2) is 6.04 Å². The summed E-state index contributed by atoms with van der Waals surface area (Å²) in [7, 11) is 0. The standard InChI is InChI=1S/C11H11BrFNO3/c1-6-3-2-4-7(9(6)12)10(15)14-8(5-13)11(16)17/h2-4,8H,5H2,1H3,(H,14,15)(H,16,17). The molecule has 0 aliphatic heterocycles. The lowest BCUT2D eigenvalue weighted by atomic mass is 10.1. The Balaban J connectivity index is 2.90. The summed E-state index contributed by atoms with van der Waals surface area (Å²) in [5.41, 5.74) is 1.12. The molecule has 92 valence electrons. The molecule has 4 nitrogen and oxygen atoms in total. The average Bonchev–Trinajstić information content (AvgIpc) is 2.28. The molecule has 0 aliphatic rings. The Morgan fingerprint density at radius 1 is 1.53 bits per heavy atom. The van der Waals surface area contributed by atoms with E-state index in [1.165, 1.54) is 6.07 Å². The van der Waals surface area contributed by atoms with Crippen molar-refractivity contribution in [1.29, 1.82) is 0 Å². The zero-order chi connectivity index (χ0) is 13.0. The molecule has 1 amide bonds. The Labute approximate surface area is 106 Å². The van der Waals surface area contributed by atoms with Crippen LogP contribution in [-0.4, -0.2) is 29.7 Å². The smallest absolute Gasteiger partial charge is 0.328 e. The van der Waals surface area contributed by atoms with Gasteiger partial charge < -0.3 is 10.4 Å². The van der Waals surface area contributed by atoms with E-state index in [1.807, 2.05) is 0 Å². The summed E-state index contributed by atoms with van der Waals surface area (Å²) in [5.74, 6) is -2.02. The summed E-state index contributed by atoms with van der Waals surface area (Å²) in [6, 6.07) is 3.48. The molecule has 6 heteroatoms. The number of nitrogens with one attached hydrogen (secondary N) is 1. The van der Waals surface area contributed by atoms with Crippen LogP contribution in [0.15, 0.2) is 22.7 Å². The summed E-state index contributed by atoms with van der Waals surface area (Å²) in [6.07, 6.45) is 0. The highest BCUT2D eigenvalue weighted by Crippen LogP contribution is 2.20. The second-order valence-corrected chi connectivity index (χ2v) is 4.25. The molecule has 0 bridgehead atoms. The number of carboxylic acid groups (broad SMARTS) is 1. The number of carboxylic acids is 1. The molecule has 0 spiro atoms. The van der Waals surface area contributed by atoms with Gasteiger partial charge in [0.25, 0.3) is 5.91 Å². The normalized spacial score (nSPS) is 11.9. The van der Waals surface area contributed by atoms with E-state index in [9.17, 15) is 14.0 Å². The number of halogens is 2. The van der Waals surface area contributed by atoms with Crippen LogP contribution in [0.3, 0.4) is 0 Å². The van der Waals surface area contributed by atoms with Gasteiger partial charge in [-0.2, -0.15) is 0 Å². The highest BCUT2D eigenvalue weighted by Gasteiger charge is 2.21. The zero-order valence-corrected chi connectivity index (χ0v) is 10.6. The number of amides is 1. The molecule has 1 aromatic rings. The van der Waals surface area contributed by atoms with Crippen molar-refractivity contribution in [1.82, 2.24) is 5.32 Å². The van der Waals surface area contributed by atoms with E-state index in [4.69, 9.17) is 5.11 Å². The predicted molar refractivity (Wildman–Crippen MR) is 63.7 cm³/mol. The van der Waals surface area contributed by atoms with Crippen LogP contribution >= 0.6 is 15.9 Å². The van der Waals surface area contributed by atoms with Gasteiger partial charge in [0.2, 0.25) is 0 Å². The number of aryl methyl sites for hydroxylation is 1. The Kier molecular flexibility index (Phi) is 4.62. The molecule has 0 fully saturated rings. The Morgan fingerprint density at radius 2 is 2.18 bits per heavy atom. The van der Waals surface area contributed by atoms with Gasteiger partial charge in [-0.05, 0) is 34.5 Å². The Hall–Kier alpha value is -1.43. The van der Waals surface area contributed by atoms with Crippen LogP contribution < -0.4 is 5.32 Å². The quantitative estimate of drug-likeness (QED) is 0.893. The summed E-state index contributed by atoms with van der Waals surface area (Å²) in [5, 5.41) is 10.7. The van der Waals surface area contributed by atoms with Gasteiger partial charge in [0, 0.05) is 4.47 Å². The lowest BCUT2D eigenvalue weighted by molar-refractivity contribution is -0.139. The molecule has 0 saturated carbocycles. The minimum atomic E-state index is -1.52. The van der Waals surface area contributed by atoms with E-state index in [0.717, 1.165) is 5.56 Å². The summed E-state index contributed by atoms with van der Waals surface area (Å²) in [4.78, 5) is 22.3. The van der Waals surface area contributed by atoms with Gasteiger partial charge in [-0.3, -0.25) is 4.79 Å². The number of carbonyl (C=O) groups is 2. The highest BCUT2D eigenvalue weighted by atomic mass is 79.9. The first-order valence-corrected chi connectivity index (χ1v) is 5.61. The maximum absolute atomic E-state index is 12.4. The van der Waals surface area contributed by atoms with E-state index in [1.54, 1.807) is 19.1 Å². The van der Waals surface area contributed by atoms with E-state index in [2.05, 4.69) is 21.2 Å². The third kappa shape index (κ3) is 3.26. The summed E-state index contributed by atoms with van der Waals surface area (Å²) in [6.45, 7) is 0.648. The van der Waals surface area contributed by atoms with Crippen LogP contribution in [0.5, 0.6) is 0 Å². The number of benzene rings is 1. The monoisotopic (exact) mass is 303 g/mol. The fourth-order valence-electron chi connectivity index (χ4n) is 1.23. The maximum Gasteiger partial charge on any atom is 0.328 e. The zero-order valence-electron chi connectivity index (χ0n) is 9.04. The van der Waals surface area contributed by atoms with Crippen molar-refractivity contribution in [2.75, 3.05) is 6.67 Å². The first kappa shape index (κ1) is 13.6. The van der Waals surface area contributed by atoms with E-state index in [0.29, 0.717) is 4.47 Å². The molecular weight excluding hydrogens is 293 g/mol. The van der Waals surface area contributed by atoms with Crippen molar-refractivity contribution < 1.29 is 19.1 Å². The fourth-order valence-corrected chi connectivity index (χ4v) is 1.67. The van der Waals surface area contributed by atoms with Crippen molar-refractivity contribution in [3.63, 3.8) is 0 Å². The van der Waals surface area contributed by atoms with Crippen molar-refractivity contribution in [3.05, 3.63) is 33.8 Å². The van der Waals surface area contributed by atoms with Gasteiger partial charge in [-0.15, -0.1) is 0 Å². The second-order valence-electron chi connectivity index (χ2n) is 3.46. The molecule has 1 aromatic carbocycles. The number of hydrogen-bond acceptors (Lipinski definition) is 2. The number of alkyl halides is 1. The van der Waals surface area contributed by atoms with Gasteiger partial charge >= 0.3 is 5.97 Å².